The molecule has 162 valence electrons. The molecule has 9 heteroatoms. The molecular weight excluding hydrogens is 403 g/mol. The second-order valence-corrected chi connectivity index (χ2v) is 7.40. The molecule has 1 amide bonds. The van der Waals surface area contributed by atoms with Gasteiger partial charge in [-0.2, -0.15) is 13.2 Å². The van der Waals surface area contributed by atoms with E-state index in [0.29, 0.717) is 11.1 Å². The van der Waals surface area contributed by atoms with E-state index in [1.807, 2.05) is 0 Å². The molecule has 0 unspecified atom stereocenters. The first-order chi connectivity index (χ1) is 13.8. The van der Waals surface area contributed by atoms with Crippen LogP contribution in [-0.4, -0.2) is 35.9 Å². The zero-order chi connectivity index (χ0) is 22.5. The van der Waals surface area contributed by atoms with Crippen LogP contribution in [0, 0.1) is 0 Å². The van der Waals surface area contributed by atoms with Gasteiger partial charge in [-0.1, -0.05) is 12.1 Å². The summed E-state index contributed by atoms with van der Waals surface area (Å²) < 4.78 is 48.8. The van der Waals surface area contributed by atoms with Gasteiger partial charge in [-0.05, 0) is 62.2 Å². The van der Waals surface area contributed by atoms with Crippen LogP contribution < -0.4 is 10.1 Å². The van der Waals surface area contributed by atoms with Crippen molar-refractivity contribution in [2.45, 2.75) is 32.5 Å². The molecular formula is C21H22F3NO5. The lowest BCUT2D eigenvalue weighted by molar-refractivity contribution is -0.137. The Morgan fingerprint density at radius 1 is 1.00 bits per heavy atom. The van der Waals surface area contributed by atoms with Gasteiger partial charge in [0.15, 0.2) is 0 Å². The number of amides is 1. The Morgan fingerprint density at radius 3 is 2.17 bits per heavy atom. The number of carboxylic acid groups (broad SMARTS) is 1. The van der Waals surface area contributed by atoms with Crippen LogP contribution >= 0.6 is 0 Å². The maximum Gasteiger partial charge on any atom is 0.416 e. The molecule has 0 aliphatic carbocycles. The van der Waals surface area contributed by atoms with Gasteiger partial charge in [-0.25, -0.2) is 9.59 Å². The minimum absolute atomic E-state index is 0.0365. The normalized spacial score (nSPS) is 11.7. The quantitative estimate of drug-likeness (QED) is 0.638. The van der Waals surface area contributed by atoms with Gasteiger partial charge in [-0.3, -0.25) is 0 Å². The number of benzene rings is 2. The van der Waals surface area contributed by atoms with Crippen molar-refractivity contribution < 1.29 is 37.3 Å². The highest BCUT2D eigenvalue weighted by Gasteiger charge is 2.30. The summed E-state index contributed by atoms with van der Waals surface area (Å²) in [6.45, 7) is 5.33. The lowest BCUT2D eigenvalue weighted by Crippen LogP contribution is -2.34. The van der Waals surface area contributed by atoms with Crippen LogP contribution in [0.25, 0.3) is 11.1 Å². The topological polar surface area (TPSA) is 84.9 Å². The number of carboxylic acids is 1. The summed E-state index contributed by atoms with van der Waals surface area (Å²) in [6, 6.07) is 8.53. The third kappa shape index (κ3) is 6.98. The zero-order valence-corrected chi connectivity index (χ0v) is 16.7. The molecule has 0 bridgehead atoms. The zero-order valence-electron chi connectivity index (χ0n) is 16.7. The van der Waals surface area contributed by atoms with Gasteiger partial charge in [0.05, 0.1) is 17.7 Å². The van der Waals surface area contributed by atoms with Gasteiger partial charge in [0.2, 0.25) is 0 Å². The molecule has 0 spiro atoms. The fraction of sp³-hybridized carbons (Fsp3) is 0.333. The van der Waals surface area contributed by atoms with Gasteiger partial charge in [-0.15, -0.1) is 0 Å². The lowest BCUT2D eigenvalue weighted by Gasteiger charge is -2.19. The molecule has 0 aliphatic heterocycles. The Morgan fingerprint density at radius 2 is 1.63 bits per heavy atom. The molecule has 0 atom stereocenters. The van der Waals surface area contributed by atoms with Crippen LogP contribution in [0.4, 0.5) is 18.0 Å². The number of ether oxygens (including phenoxy) is 2. The van der Waals surface area contributed by atoms with E-state index < -0.39 is 29.4 Å². The molecule has 2 aromatic carbocycles. The highest BCUT2D eigenvalue weighted by Crippen LogP contribution is 2.32. The molecule has 2 aromatic rings. The summed E-state index contributed by atoms with van der Waals surface area (Å²) in [4.78, 5) is 23.0. The van der Waals surface area contributed by atoms with E-state index in [9.17, 15) is 27.9 Å². The van der Waals surface area contributed by atoms with Crippen molar-refractivity contribution in [2.24, 2.45) is 0 Å². The number of alkyl carbamates (subject to hydrolysis) is 1. The van der Waals surface area contributed by atoms with E-state index in [0.717, 1.165) is 12.1 Å². The first-order valence-electron chi connectivity index (χ1n) is 9.01. The Hall–Kier alpha value is -3.23. The second-order valence-electron chi connectivity index (χ2n) is 7.40. The van der Waals surface area contributed by atoms with E-state index in [1.165, 1.54) is 30.3 Å². The van der Waals surface area contributed by atoms with Crippen LogP contribution in [-0.2, 0) is 10.9 Å². The lowest BCUT2D eigenvalue weighted by atomic mass is 10.0. The summed E-state index contributed by atoms with van der Waals surface area (Å²) >= 11 is 0. The van der Waals surface area contributed by atoms with Crippen LogP contribution in [0.15, 0.2) is 42.5 Å². The Balaban J connectivity index is 2.11. The largest absolute Gasteiger partial charge is 0.492 e. The summed E-state index contributed by atoms with van der Waals surface area (Å²) in [7, 11) is 0. The van der Waals surface area contributed by atoms with E-state index >= 15 is 0 Å². The first kappa shape index (κ1) is 23.1. The number of hydrogen-bond acceptors (Lipinski definition) is 4. The summed E-state index contributed by atoms with van der Waals surface area (Å²) in [6.07, 6.45) is -5.08. The monoisotopic (exact) mass is 425 g/mol. The van der Waals surface area contributed by atoms with Gasteiger partial charge in [0.25, 0.3) is 0 Å². The Labute approximate surface area is 171 Å². The van der Waals surface area contributed by atoms with Crippen molar-refractivity contribution in [3.05, 3.63) is 53.6 Å². The molecule has 2 N–H and O–H groups in total. The first-order valence-corrected chi connectivity index (χ1v) is 9.01. The number of halogens is 3. The van der Waals surface area contributed by atoms with Gasteiger partial charge >= 0.3 is 18.2 Å². The highest BCUT2D eigenvalue weighted by molar-refractivity contribution is 5.90. The molecule has 0 aliphatic rings. The van der Waals surface area contributed by atoms with Crippen molar-refractivity contribution in [3.63, 3.8) is 0 Å². The summed E-state index contributed by atoms with van der Waals surface area (Å²) in [5.41, 5.74) is -0.730. The number of rotatable bonds is 6. The predicted molar refractivity (Wildman–Crippen MR) is 104 cm³/mol. The van der Waals surface area contributed by atoms with Crippen molar-refractivity contribution in [1.82, 2.24) is 5.32 Å². The fourth-order valence-electron chi connectivity index (χ4n) is 2.46. The molecule has 0 aromatic heterocycles. The fourth-order valence-corrected chi connectivity index (χ4v) is 2.46. The molecule has 30 heavy (non-hydrogen) atoms. The second kappa shape index (κ2) is 9.06. The van der Waals surface area contributed by atoms with Crippen LogP contribution in [0.5, 0.6) is 5.75 Å². The van der Waals surface area contributed by atoms with Crippen LogP contribution in [0.3, 0.4) is 0 Å². The van der Waals surface area contributed by atoms with E-state index in [2.05, 4.69) is 5.32 Å². The number of carbonyl (C=O) groups excluding carboxylic acids is 1. The number of hydrogen-bond donors (Lipinski definition) is 2. The van der Waals surface area contributed by atoms with Crippen molar-refractivity contribution in [2.75, 3.05) is 13.2 Å². The highest BCUT2D eigenvalue weighted by atomic mass is 19.4. The molecule has 0 radical (unpaired) electrons. The van der Waals surface area contributed by atoms with E-state index in [4.69, 9.17) is 9.47 Å². The average molecular weight is 425 g/mol. The Bertz CT molecular complexity index is 902. The third-order valence-corrected chi connectivity index (χ3v) is 3.74. The summed E-state index contributed by atoms with van der Waals surface area (Å²) in [5.74, 6) is -1.00. The van der Waals surface area contributed by atoms with Crippen molar-refractivity contribution in [3.8, 4) is 16.9 Å². The van der Waals surface area contributed by atoms with Crippen LogP contribution in [0.1, 0.15) is 36.7 Å². The molecule has 0 saturated heterocycles. The SMILES string of the molecule is CC(C)(C)OC(=O)NCCOc1cc(C(=O)O)cc(-c2ccc(C(F)(F)F)cc2)c1. The van der Waals surface area contributed by atoms with Crippen molar-refractivity contribution in [1.29, 1.82) is 0 Å². The number of nitrogens with one attached hydrogen (secondary N) is 1. The minimum Gasteiger partial charge on any atom is -0.492 e. The molecule has 2 rings (SSSR count). The predicted octanol–water partition coefficient (Wildman–Crippen LogP) is 4.97. The maximum atomic E-state index is 12.7. The standard InChI is InChI=1S/C21H22F3NO5/c1-20(2,3)30-19(28)25-8-9-29-17-11-14(10-15(12-17)18(26)27)13-4-6-16(7-5-13)21(22,23)24/h4-7,10-12H,8-9H2,1-3H3,(H,25,28)(H,26,27). The van der Waals surface area contributed by atoms with Gasteiger partial charge in [0.1, 0.15) is 18.0 Å². The van der Waals surface area contributed by atoms with Crippen molar-refractivity contribution >= 4 is 12.1 Å². The Kier molecular flexibility index (Phi) is 6.96. The molecule has 0 saturated carbocycles. The maximum absolute atomic E-state index is 12.7. The third-order valence-electron chi connectivity index (χ3n) is 3.74. The average Bonchev–Trinajstić information content (AvgIpc) is 2.63. The minimum atomic E-state index is -4.46. The van der Waals surface area contributed by atoms with E-state index in [-0.39, 0.29) is 24.5 Å². The molecule has 0 fully saturated rings. The number of aromatic carboxylic acids is 1. The van der Waals surface area contributed by atoms with Gasteiger partial charge in [0, 0.05) is 0 Å². The molecule has 6 nitrogen and oxygen atoms in total. The summed E-state index contributed by atoms with van der Waals surface area (Å²) in [5, 5.41) is 11.8. The van der Waals surface area contributed by atoms with E-state index in [1.54, 1.807) is 20.8 Å². The molecule has 0 heterocycles. The van der Waals surface area contributed by atoms with Crippen LogP contribution in [0.2, 0.25) is 0 Å². The smallest absolute Gasteiger partial charge is 0.416 e. The number of carbonyl (C=O) groups is 2. The van der Waals surface area contributed by atoms with Gasteiger partial charge < -0.3 is 19.9 Å². The number of alkyl halides is 3.